The van der Waals surface area contributed by atoms with Crippen LogP contribution in [0, 0.1) is 6.92 Å². The molecule has 1 heterocycles. The van der Waals surface area contributed by atoms with E-state index in [9.17, 15) is 9.59 Å². The van der Waals surface area contributed by atoms with E-state index < -0.39 is 0 Å². The van der Waals surface area contributed by atoms with Crippen LogP contribution in [0.3, 0.4) is 0 Å². The summed E-state index contributed by atoms with van der Waals surface area (Å²) in [6.45, 7) is 2.20. The van der Waals surface area contributed by atoms with Gasteiger partial charge < -0.3 is 14.4 Å². The minimum Gasteiger partial charge on any atom is -0.495 e. The Morgan fingerprint density at radius 1 is 1.16 bits per heavy atom. The Morgan fingerprint density at radius 3 is 2.68 bits per heavy atom. The van der Waals surface area contributed by atoms with Gasteiger partial charge in [0, 0.05) is 6.42 Å². The number of hydrogen-bond donors (Lipinski definition) is 0. The van der Waals surface area contributed by atoms with Gasteiger partial charge in [-0.2, -0.15) is 0 Å². The fourth-order valence-corrected chi connectivity index (χ4v) is 3.18. The molecule has 1 atom stereocenters. The normalized spacial score (nSPS) is 16.8. The van der Waals surface area contributed by atoms with Gasteiger partial charge in [-0.15, -0.1) is 0 Å². The number of methoxy groups -OCH3 is 1. The molecule has 1 amide bonds. The number of benzene rings is 2. The minimum atomic E-state index is -0.0937. The quantitative estimate of drug-likeness (QED) is 0.757. The summed E-state index contributed by atoms with van der Waals surface area (Å²) in [7, 11) is 1.59. The van der Waals surface area contributed by atoms with E-state index in [1.165, 1.54) is 0 Å². The number of hydrogen-bond acceptors (Lipinski definition) is 4. The molecule has 2 aromatic carbocycles. The van der Waals surface area contributed by atoms with Crippen LogP contribution in [-0.2, 0) is 4.79 Å². The number of para-hydroxylation sites is 2. The summed E-state index contributed by atoms with van der Waals surface area (Å²) in [5.74, 6) is 1.26. The van der Waals surface area contributed by atoms with Crippen LogP contribution >= 0.6 is 0 Å². The molecule has 1 saturated heterocycles. The van der Waals surface area contributed by atoms with Crippen molar-refractivity contribution >= 4 is 17.9 Å². The SMILES string of the molecule is COc1ccccc1N1C(=O)CC[C@H]1COc1cccc(C)c1C=O. The Hall–Kier alpha value is -2.82. The standard InChI is InChI=1S/C20H21NO4/c1-14-6-5-9-18(16(14)12-22)25-13-15-10-11-20(23)21(15)17-7-3-4-8-19(17)24-2/h3-9,12,15H,10-11,13H2,1-2H3/t15-/m0/s1. The fraction of sp³-hybridized carbons (Fsp3) is 0.300. The number of anilines is 1. The molecule has 1 aliphatic heterocycles. The largest absolute Gasteiger partial charge is 0.495 e. The third kappa shape index (κ3) is 3.36. The number of carbonyl (C=O) groups is 2. The number of aldehydes is 1. The predicted molar refractivity (Wildman–Crippen MR) is 95.6 cm³/mol. The van der Waals surface area contributed by atoms with Gasteiger partial charge >= 0.3 is 0 Å². The van der Waals surface area contributed by atoms with Crippen molar-refractivity contribution in [2.75, 3.05) is 18.6 Å². The Morgan fingerprint density at radius 2 is 1.92 bits per heavy atom. The monoisotopic (exact) mass is 339 g/mol. The van der Waals surface area contributed by atoms with Crippen molar-refractivity contribution in [1.29, 1.82) is 0 Å². The van der Waals surface area contributed by atoms with E-state index in [0.29, 0.717) is 36.5 Å². The number of carbonyl (C=O) groups excluding carboxylic acids is 2. The lowest BCUT2D eigenvalue weighted by Gasteiger charge is -2.26. The lowest BCUT2D eigenvalue weighted by atomic mass is 10.1. The van der Waals surface area contributed by atoms with E-state index in [-0.39, 0.29) is 11.9 Å². The summed E-state index contributed by atoms with van der Waals surface area (Å²) in [5, 5.41) is 0. The summed E-state index contributed by atoms with van der Waals surface area (Å²) < 4.78 is 11.3. The van der Waals surface area contributed by atoms with Crippen LogP contribution in [-0.4, -0.2) is 32.0 Å². The first-order valence-corrected chi connectivity index (χ1v) is 8.28. The maximum Gasteiger partial charge on any atom is 0.227 e. The molecule has 0 spiro atoms. The summed E-state index contributed by atoms with van der Waals surface area (Å²) in [6, 6.07) is 12.9. The highest BCUT2D eigenvalue weighted by molar-refractivity contribution is 5.97. The molecular weight excluding hydrogens is 318 g/mol. The zero-order chi connectivity index (χ0) is 17.8. The van der Waals surface area contributed by atoms with Crippen molar-refractivity contribution in [3.8, 4) is 11.5 Å². The van der Waals surface area contributed by atoms with E-state index in [2.05, 4.69) is 0 Å². The van der Waals surface area contributed by atoms with Crippen LogP contribution in [0.1, 0.15) is 28.8 Å². The number of ether oxygens (including phenoxy) is 2. The summed E-state index contributed by atoms with van der Waals surface area (Å²) >= 11 is 0. The van der Waals surface area contributed by atoms with E-state index in [1.807, 2.05) is 43.3 Å². The maximum atomic E-state index is 12.4. The Kier molecular flexibility index (Phi) is 5.03. The lowest BCUT2D eigenvalue weighted by molar-refractivity contribution is -0.117. The fourth-order valence-electron chi connectivity index (χ4n) is 3.18. The van der Waals surface area contributed by atoms with Crippen molar-refractivity contribution in [3.63, 3.8) is 0 Å². The number of aryl methyl sites for hydroxylation is 1. The zero-order valence-corrected chi connectivity index (χ0v) is 14.4. The topological polar surface area (TPSA) is 55.8 Å². The zero-order valence-electron chi connectivity index (χ0n) is 14.4. The van der Waals surface area contributed by atoms with Crippen LogP contribution in [0.15, 0.2) is 42.5 Å². The molecule has 0 aromatic heterocycles. The Labute approximate surface area is 147 Å². The van der Waals surface area contributed by atoms with Crippen molar-refractivity contribution in [2.45, 2.75) is 25.8 Å². The average molecular weight is 339 g/mol. The van der Waals surface area contributed by atoms with E-state index in [4.69, 9.17) is 9.47 Å². The van der Waals surface area contributed by atoms with Crippen LogP contribution in [0.4, 0.5) is 5.69 Å². The van der Waals surface area contributed by atoms with E-state index in [1.54, 1.807) is 18.1 Å². The second kappa shape index (κ2) is 7.38. The summed E-state index contributed by atoms with van der Waals surface area (Å²) in [5.41, 5.74) is 2.17. The molecule has 0 bridgehead atoms. The maximum absolute atomic E-state index is 12.4. The molecule has 1 aliphatic rings. The van der Waals surface area contributed by atoms with E-state index >= 15 is 0 Å². The van der Waals surface area contributed by atoms with Crippen molar-refractivity contribution in [2.24, 2.45) is 0 Å². The van der Waals surface area contributed by atoms with Gasteiger partial charge in [-0.1, -0.05) is 24.3 Å². The molecule has 3 rings (SSSR count). The van der Waals surface area contributed by atoms with Gasteiger partial charge in [0.05, 0.1) is 24.4 Å². The third-order valence-corrected chi connectivity index (χ3v) is 4.50. The number of rotatable bonds is 6. The van der Waals surface area contributed by atoms with Crippen LogP contribution in [0.25, 0.3) is 0 Å². The number of nitrogens with zero attached hydrogens (tertiary/aromatic N) is 1. The molecule has 0 saturated carbocycles. The molecule has 5 heteroatoms. The van der Waals surface area contributed by atoms with Crippen molar-refractivity contribution < 1.29 is 19.1 Å². The molecule has 25 heavy (non-hydrogen) atoms. The first kappa shape index (κ1) is 17.0. The highest BCUT2D eigenvalue weighted by Gasteiger charge is 2.34. The molecular formula is C20H21NO4. The van der Waals surface area contributed by atoms with Crippen molar-refractivity contribution in [3.05, 3.63) is 53.6 Å². The molecule has 0 radical (unpaired) electrons. The molecule has 0 unspecified atom stereocenters. The van der Waals surface area contributed by atoms with Gasteiger partial charge in [-0.25, -0.2) is 0 Å². The molecule has 0 aliphatic carbocycles. The molecule has 130 valence electrons. The van der Waals surface area contributed by atoms with Gasteiger partial charge in [0.2, 0.25) is 5.91 Å². The second-order valence-electron chi connectivity index (χ2n) is 6.04. The first-order valence-electron chi connectivity index (χ1n) is 8.28. The average Bonchev–Trinajstić information content (AvgIpc) is 3.00. The van der Waals surface area contributed by atoms with Gasteiger partial charge in [0.15, 0.2) is 6.29 Å². The van der Waals surface area contributed by atoms with Gasteiger partial charge in [-0.3, -0.25) is 9.59 Å². The third-order valence-electron chi connectivity index (χ3n) is 4.50. The van der Waals surface area contributed by atoms with Crippen LogP contribution < -0.4 is 14.4 Å². The molecule has 5 nitrogen and oxygen atoms in total. The smallest absolute Gasteiger partial charge is 0.227 e. The second-order valence-corrected chi connectivity index (χ2v) is 6.04. The highest BCUT2D eigenvalue weighted by atomic mass is 16.5. The lowest BCUT2D eigenvalue weighted by Crippen LogP contribution is -2.37. The van der Waals surface area contributed by atoms with Crippen LogP contribution in [0.2, 0.25) is 0 Å². The van der Waals surface area contributed by atoms with E-state index in [0.717, 1.165) is 17.5 Å². The molecule has 0 N–H and O–H groups in total. The van der Waals surface area contributed by atoms with Crippen molar-refractivity contribution in [1.82, 2.24) is 0 Å². The number of amides is 1. The Balaban J connectivity index is 1.81. The molecule has 1 fully saturated rings. The minimum absolute atomic E-state index is 0.0537. The predicted octanol–water partition coefficient (Wildman–Crippen LogP) is 3.39. The van der Waals surface area contributed by atoms with Gasteiger partial charge in [0.1, 0.15) is 18.1 Å². The Bertz CT molecular complexity index is 787. The van der Waals surface area contributed by atoms with Crippen LogP contribution in [0.5, 0.6) is 11.5 Å². The van der Waals surface area contributed by atoms with Gasteiger partial charge in [0.25, 0.3) is 0 Å². The summed E-state index contributed by atoms with van der Waals surface area (Å²) in [4.78, 5) is 25.5. The van der Waals surface area contributed by atoms with Gasteiger partial charge in [-0.05, 0) is 37.1 Å². The molecule has 2 aromatic rings. The first-order chi connectivity index (χ1) is 12.2. The highest BCUT2D eigenvalue weighted by Crippen LogP contribution is 2.34. The summed E-state index contributed by atoms with van der Waals surface area (Å²) in [6.07, 6.45) is 1.99.